The van der Waals surface area contributed by atoms with Crippen LogP contribution in [0.2, 0.25) is 0 Å². The van der Waals surface area contributed by atoms with Crippen molar-refractivity contribution in [2.24, 2.45) is 5.73 Å². The van der Waals surface area contributed by atoms with Gasteiger partial charge >= 0.3 is 0 Å². The van der Waals surface area contributed by atoms with E-state index in [-0.39, 0.29) is 0 Å². The fourth-order valence-electron chi connectivity index (χ4n) is 1.89. The van der Waals surface area contributed by atoms with Gasteiger partial charge in [-0.1, -0.05) is 29.8 Å². The molecule has 1 heterocycles. The molecule has 0 aliphatic rings. The Bertz CT molecular complexity index is 486. The van der Waals surface area contributed by atoms with Crippen LogP contribution in [0.25, 0.3) is 11.1 Å². The van der Waals surface area contributed by atoms with Crippen molar-refractivity contribution in [3.63, 3.8) is 0 Å². The van der Waals surface area contributed by atoms with Crippen molar-refractivity contribution in [1.29, 1.82) is 0 Å². The molecule has 0 radical (unpaired) electrons. The summed E-state index contributed by atoms with van der Waals surface area (Å²) in [6.45, 7) is 5.58. The highest BCUT2D eigenvalue weighted by molar-refractivity contribution is 5.65. The number of nitrogens with two attached hydrogens (primary N) is 1. The first-order valence-electron chi connectivity index (χ1n) is 5.52. The molecule has 0 amide bonds. The van der Waals surface area contributed by atoms with Gasteiger partial charge in [0.05, 0.1) is 12.7 Å². The van der Waals surface area contributed by atoms with Crippen molar-refractivity contribution in [3.05, 3.63) is 41.7 Å². The largest absolute Gasteiger partial charge is 0.329 e. The third kappa shape index (κ3) is 1.99. The molecule has 0 spiro atoms. The van der Waals surface area contributed by atoms with Crippen LogP contribution in [0, 0.1) is 13.8 Å². The molecule has 16 heavy (non-hydrogen) atoms. The average molecular weight is 215 g/mol. The van der Waals surface area contributed by atoms with Crippen LogP contribution in [0.5, 0.6) is 0 Å². The van der Waals surface area contributed by atoms with Crippen LogP contribution in [0.3, 0.4) is 0 Å². The van der Waals surface area contributed by atoms with E-state index in [1.54, 1.807) is 0 Å². The highest BCUT2D eigenvalue weighted by Crippen LogP contribution is 2.23. The molecule has 84 valence electrons. The number of hydrogen-bond donors (Lipinski definition) is 1. The van der Waals surface area contributed by atoms with Crippen LogP contribution >= 0.6 is 0 Å². The SMILES string of the molecule is Cc1cccc(-c2cnn(CCN)c2C)c1. The third-order valence-corrected chi connectivity index (χ3v) is 2.77. The summed E-state index contributed by atoms with van der Waals surface area (Å²) in [6, 6.07) is 8.47. The second-order valence-electron chi connectivity index (χ2n) is 4.02. The predicted molar refractivity (Wildman–Crippen MR) is 66.2 cm³/mol. The van der Waals surface area contributed by atoms with E-state index < -0.39 is 0 Å². The van der Waals surface area contributed by atoms with Gasteiger partial charge in [-0.2, -0.15) is 5.10 Å². The van der Waals surface area contributed by atoms with Gasteiger partial charge in [0, 0.05) is 17.8 Å². The standard InChI is InChI=1S/C13H17N3/c1-10-4-3-5-12(8-10)13-9-15-16(7-6-14)11(13)2/h3-5,8-9H,6-7,14H2,1-2H3. The number of aryl methyl sites for hydroxylation is 1. The Kier molecular flexibility index (Phi) is 3.06. The van der Waals surface area contributed by atoms with Gasteiger partial charge in [-0.15, -0.1) is 0 Å². The highest BCUT2D eigenvalue weighted by atomic mass is 15.3. The minimum Gasteiger partial charge on any atom is -0.329 e. The molecule has 0 atom stereocenters. The van der Waals surface area contributed by atoms with Crippen molar-refractivity contribution in [3.8, 4) is 11.1 Å². The van der Waals surface area contributed by atoms with Crippen LogP contribution < -0.4 is 5.73 Å². The normalized spacial score (nSPS) is 10.7. The lowest BCUT2D eigenvalue weighted by atomic mass is 10.0. The smallest absolute Gasteiger partial charge is 0.0571 e. The van der Waals surface area contributed by atoms with E-state index in [9.17, 15) is 0 Å². The van der Waals surface area contributed by atoms with Crippen molar-refractivity contribution in [2.45, 2.75) is 20.4 Å². The van der Waals surface area contributed by atoms with Gasteiger partial charge in [-0.05, 0) is 19.4 Å². The molecule has 2 aromatic rings. The molecule has 0 saturated heterocycles. The zero-order chi connectivity index (χ0) is 11.5. The van der Waals surface area contributed by atoms with Crippen LogP contribution in [-0.2, 0) is 6.54 Å². The summed E-state index contributed by atoms with van der Waals surface area (Å²) in [5.41, 5.74) is 10.4. The molecule has 0 fully saturated rings. The molecular formula is C13H17N3. The molecule has 3 heteroatoms. The predicted octanol–water partition coefficient (Wildman–Crippen LogP) is 2.13. The molecule has 2 N–H and O–H groups in total. The molecule has 0 unspecified atom stereocenters. The van der Waals surface area contributed by atoms with E-state index in [1.165, 1.54) is 22.4 Å². The van der Waals surface area contributed by atoms with Crippen LogP contribution in [0.15, 0.2) is 30.5 Å². The van der Waals surface area contributed by atoms with E-state index in [0.717, 1.165) is 6.54 Å². The van der Waals surface area contributed by atoms with Gasteiger partial charge in [-0.3, -0.25) is 4.68 Å². The maximum absolute atomic E-state index is 5.54. The van der Waals surface area contributed by atoms with Crippen LogP contribution in [-0.4, -0.2) is 16.3 Å². The maximum atomic E-state index is 5.54. The molecule has 3 nitrogen and oxygen atoms in total. The molecule has 1 aromatic carbocycles. The zero-order valence-electron chi connectivity index (χ0n) is 9.77. The minimum atomic E-state index is 0.621. The lowest BCUT2D eigenvalue weighted by Crippen LogP contribution is -2.12. The van der Waals surface area contributed by atoms with E-state index >= 15 is 0 Å². The van der Waals surface area contributed by atoms with Crippen LogP contribution in [0.4, 0.5) is 0 Å². The fraction of sp³-hybridized carbons (Fsp3) is 0.308. The number of benzene rings is 1. The third-order valence-electron chi connectivity index (χ3n) is 2.77. The molecular weight excluding hydrogens is 198 g/mol. The quantitative estimate of drug-likeness (QED) is 0.852. The Hall–Kier alpha value is -1.61. The lowest BCUT2D eigenvalue weighted by Gasteiger charge is -2.04. The zero-order valence-corrected chi connectivity index (χ0v) is 9.77. The summed E-state index contributed by atoms with van der Waals surface area (Å²) >= 11 is 0. The average Bonchev–Trinajstić information content (AvgIpc) is 2.61. The first-order valence-corrected chi connectivity index (χ1v) is 5.52. The first-order chi connectivity index (χ1) is 7.72. The summed E-state index contributed by atoms with van der Waals surface area (Å²) in [7, 11) is 0. The number of aromatic nitrogens is 2. The molecule has 1 aromatic heterocycles. The Morgan fingerprint density at radius 3 is 2.81 bits per heavy atom. The van der Waals surface area contributed by atoms with E-state index in [0.29, 0.717) is 6.54 Å². The summed E-state index contributed by atoms with van der Waals surface area (Å²) in [5.74, 6) is 0. The first kappa shape index (κ1) is 10.9. The Labute approximate surface area is 95.9 Å². The summed E-state index contributed by atoms with van der Waals surface area (Å²) in [6.07, 6.45) is 1.92. The van der Waals surface area contributed by atoms with Crippen molar-refractivity contribution in [1.82, 2.24) is 9.78 Å². The van der Waals surface area contributed by atoms with Crippen molar-refractivity contribution < 1.29 is 0 Å². The number of nitrogens with zero attached hydrogens (tertiary/aromatic N) is 2. The van der Waals surface area contributed by atoms with Gasteiger partial charge < -0.3 is 5.73 Å². The molecule has 0 bridgehead atoms. The van der Waals surface area contributed by atoms with E-state index in [1.807, 2.05) is 10.9 Å². The molecule has 0 aliphatic heterocycles. The number of hydrogen-bond acceptors (Lipinski definition) is 2. The molecule has 0 aliphatic carbocycles. The number of rotatable bonds is 3. The summed E-state index contributed by atoms with van der Waals surface area (Å²) < 4.78 is 1.96. The Morgan fingerprint density at radius 2 is 2.12 bits per heavy atom. The molecule has 2 rings (SSSR count). The second-order valence-corrected chi connectivity index (χ2v) is 4.02. The van der Waals surface area contributed by atoms with Gasteiger partial charge in [0.25, 0.3) is 0 Å². The van der Waals surface area contributed by atoms with Crippen LogP contribution in [0.1, 0.15) is 11.3 Å². The van der Waals surface area contributed by atoms with Gasteiger partial charge in [0.1, 0.15) is 0 Å². The summed E-state index contributed by atoms with van der Waals surface area (Å²) in [5, 5.41) is 4.35. The second kappa shape index (κ2) is 4.49. The van der Waals surface area contributed by atoms with E-state index in [4.69, 9.17) is 5.73 Å². The monoisotopic (exact) mass is 215 g/mol. The van der Waals surface area contributed by atoms with Gasteiger partial charge in [0.2, 0.25) is 0 Å². The maximum Gasteiger partial charge on any atom is 0.0571 e. The Morgan fingerprint density at radius 1 is 1.31 bits per heavy atom. The van der Waals surface area contributed by atoms with Crippen molar-refractivity contribution in [2.75, 3.05) is 6.54 Å². The minimum absolute atomic E-state index is 0.621. The summed E-state index contributed by atoms with van der Waals surface area (Å²) in [4.78, 5) is 0. The molecule has 0 saturated carbocycles. The van der Waals surface area contributed by atoms with E-state index in [2.05, 4.69) is 43.2 Å². The highest BCUT2D eigenvalue weighted by Gasteiger charge is 2.07. The topological polar surface area (TPSA) is 43.8 Å². The fourth-order valence-corrected chi connectivity index (χ4v) is 1.89. The Balaban J connectivity index is 2.41. The van der Waals surface area contributed by atoms with Crippen molar-refractivity contribution >= 4 is 0 Å². The van der Waals surface area contributed by atoms with Gasteiger partial charge in [0.15, 0.2) is 0 Å². The van der Waals surface area contributed by atoms with Gasteiger partial charge in [-0.25, -0.2) is 0 Å². The lowest BCUT2D eigenvalue weighted by molar-refractivity contribution is 0.608.